The highest BCUT2D eigenvalue weighted by molar-refractivity contribution is 6.31. The van der Waals surface area contributed by atoms with Crippen LogP contribution in [0.3, 0.4) is 0 Å². The maximum Gasteiger partial charge on any atom is 0.255 e. The molecule has 0 spiro atoms. The van der Waals surface area contributed by atoms with Crippen LogP contribution in [-0.2, 0) is 0 Å². The van der Waals surface area contributed by atoms with E-state index in [9.17, 15) is 9.18 Å². The molecule has 0 heterocycles. The third-order valence-corrected chi connectivity index (χ3v) is 3.32. The van der Waals surface area contributed by atoms with Crippen molar-refractivity contribution in [2.75, 3.05) is 17.2 Å². The molecule has 0 aliphatic carbocycles. The minimum absolute atomic E-state index is 0.0213. The largest absolute Gasteiger partial charge is 0.385 e. The van der Waals surface area contributed by atoms with Crippen molar-refractivity contribution in [1.82, 2.24) is 0 Å². The molecule has 3 nitrogen and oxygen atoms in total. The maximum absolute atomic E-state index is 13.1. The number of halogens is 2. The van der Waals surface area contributed by atoms with Gasteiger partial charge in [-0.25, -0.2) is 4.39 Å². The van der Waals surface area contributed by atoms with E-state index in [4.69, 9.17) is 11.6 Å². The number of carbonyl (C=O) groups excluding carboxylic acids is 1. The predicted molar refractivity (Wildman–Crippen MR) is 84.7 cm³/mol. The summed E-state index contributed by atoms with van der Waals surface area (Å²) in [6, 6.07) is 9.60. The normalized spacial score (nSPS) is 10.3. The molecule has 0 saturated carbocycles. The number of nitrogens with one attached hydrogen (secondary N) is 2. The van der Waals surface area contributed by atoms with Crippen LogP contribution in [0.25, 0.3) is 0 Å². The molecule has 1 amide bonds. The molecule has 0 aromatic heterocycles. The molecule has 0 fully saturated rings. The van der Waals surface area contributed by atoms with Crippen LogP contribution >= 0.6 is 11.6 Å². The molecule has 2 aromatic rings. The van der Waals surface area contributed by atoms with E-state index in [0.29, 0.717) is 11.3 Å². The number of aryl methyl sites for hydroxylation is 1. The first-order chi connectivity index (χ1) is 10.0. The van der Waals surface area contributed by atoms with Gasteiger partial charge in [0.2, 0.25) is 0 Å². The topological polar surface area (TPSA) is 41.1 Å². The molecule has 2 aromatic carbocycles. The third-order valence-electron chi connectivity index (χ3n) is 3.03. The highest BCUT2D eigenvalue weighted by atomic mass is 35.5. The van der Waals surface area contributed by atoms with E-state index >= 15 is 0 Å². The predicted octanol–water partition coefficient (Wildman–Crippen LogP) is 4.47. The molecule has 5 heteroatoms. The molecular weight excluding hydrogens is 291 g/mol. The second-order valence-corrected chi connectivity index (χ2v) is 5.05. The SMILES string of the molecule is CCNc1ccc(C(=O)Nc2ccc(F)c(Cl)c2)c(C)c1. The molecule has 0 atom stereocenters. The first-order valence-electron chi connectivity index (χ1n) is 6.62. The highest BCUT2D eigenvalue weighted by Crippen LogP contribution is 2.21. The summed E-state index contributed by atoms with van der Waals surface area (Å²) in [7, 11) is 0. The average Bonchev–Trinajstić information content (AvgIpc) is 2.43. The van der Waals surface area contributed by atoms with Crippen LogP contribution in [-0.4, -0.2) is 12.5 Å². The van der Waals surface area contributed by atoms with E-state index in [2.05, 4.69) is 10.6 Å². The number of amides is 1. The number of anilines is 2. The van der Waals surface area contributed by atoms with Crippen LogP contribution in [0.1, 0.15) is 22.8 Å². The van der Waals surface area contributed by atoms with Crippen molar-refractivity contribution in [3.05, 3.63) is 58.4 Å². The van der Waals surface area contributed by atoms with E-state index in [0.717, 1.165) is 17.8 Å². The van der Waals surface area contributed by atoms with Crippen LogP contribution in [0.5, 0.6) is 0 Å². The molecule has 21 heavy (non-hydrogen) atoms. The van der Waals surface area contributed by atoms with Gasteiger partial charge in [0.05, 0.1) is 5.02 Å². The van der Waals surface area contributed by atoms with E-state index in [1.54, 1.807) is 6.07 Å². The summed E-state index contributed by atoms with van der Waals surface area (Å²) >= 11 is 5.70. The molecular formula is C16H16ClFN2O. The molecule has 2 N–H and O–H groups in total. The first-order valence-corrected chi connectivity index (χ1v) is 7.00. The number of hydrogen-bond donors (Lipinski definition) is 2. The fraction of sp³-hybridized carbons (Fsp3) is 0.188. The maximum atomic E-state index is 13.1. The molecule has 2 rings (SSSR count). The Morgan fingerprint density at radius 2 is 1.90 bits per heavy atom. The quantitative estimate of drug-likeness (QED) is 0.875. The Kier molecular flexibility index (Phi) is 4.81. The Bertz CT molecular complexity index is 673. The van der Waals surface area contributed by atoms with Crippen molar-refractivity contribution in [1.29, 1.82) is 0 Å². The van der Waals surface area contributed by atoms with Gasteiger partial charge < -0.3 is 10.6 Å². The molecule has 0 unspecified atom stereocenters. The van der Waals surface area contributed by atoms with E-state index in [1.807, 2.05) is 26.0 Å². The van der Waals surface area contributed by atoms with Gasteiger partial charge in [-0.15, -0.1) is 0 Å². The van der Waals surface area contributed by atoms with Gasteiger partial charge in [0, 0.05) is 23.5 Å². The van der Waals surface area contributed by atoms with Gasteiger partial charge in [-0.05, 0) is 55.8 Å². The van der Waals surface area contributed by atoms with Crippen LogP contribution in [0.2, 0.25) is 5.02 Å². The molecule has 110 valence electrons. The summed E-state index contributed by atoms with van der Waals surface area (Å²) in [5.74, 6) is -0.765. The smallest absolute Gasteiger partial charge is 0.255 e. The summed E-state index contributed by atoms with van der Waals surface area (Å²) in [6.07, 6.45) is 0. The van der Waals surface area contributed by atoms with Crippen LogP contribution in [0.4, 0.5) is 15.8 Å². The number of carbonyl (C=O) groups is 1. The zero-order chi connectivity index (χ0) is 15.4. The Hall–Kier alpha value is -2.07. The fourth-order valence-electron chi connectivity index (χ4n) is 2.00. The van der Waals surface area contributed by atoms with Gasteiger partial charge in [-0.2, -0.15) is 0 Å². The van der Waals surface area contributed by atoms with Crippen molar-refractivity contribution in [3.63, 3.8) is 0 Å². The summed E-state index contributed by atoms with van der Waals surface area (Å²) in [5, 5.41) is 5.87. The minimum Gasteiger partial charge on any atom is -0.385 e. The first kappa shape index (κ1) is 15.3. The molecule has 0 aliphatic rings. The minimum atomic E-state index is -0.513. The van der Waals surface area contributed by atoms with Gasteiger partial charge in [-0.3, -0.25) is 4.79 Å². The fourth-order valence-corrected chi connectivity index (χ4v) is 2.19. The summed E-state index contributed by atoms with van der Waals surface area (Å²) in [4.78, 5) is 12.2. The van der Waals surface area contributed by atoms with Crippen molar-refractivity contribution < 1.29 is 9.18 Å². The van der Waals surface area contributed by atoms with Gasteiger partial charge in [0.25, 0.3) is 5.91 Å². The average molecular weight is 307 g/mol. The third kappa shape index (κ3) is 3.73. The molecule has 0 bridgehead atoms. The van der Waals surface area contributed by atoms with Gasteiger partial charge >= 0.3 is 0 Å². The van der Waals surface area contributed by atoms with Crippen molar-refractivity contribution in [2.24, 2.45) is 0 Å². The Balaban J connectivity index is 2.18. The Morgan fingerprint density at radius 3 is 2.52 bits per heavy atom. The van der Waals surface area contributed by atoms with E-state index < -0.39 is 5.82 Å². The van der Waals surface area contributed by atoms with Crippen molar-refractivity contribution >= 4 is 28.9 Å². The molecule has 0 aliphatic heterocycles. The summed E-state index contributed by atoms with van der Waals surface area (Å²) in [6.45, 7) is 4.70. The lowest BCUT2D eigenvalue weighted by atomic mass is 10.1. The second kappa shape index (κ2) is 6.59. The molecule has 0 saturated heterocycles. The summed E-state index contributed by atoms with van der Waals surface area (Å²) < 4.78 is 13.1. The van der Waals surface area contributed by atoms with E-state index in [-0.39, 0.29) is 10.9 Å². The van der Waals surface area contributed by atoms with Crippen molar-refractivity contribution in [3.8, 4) is 0 Å². The number of hydrogen-bond acceptors (Lipinski definition) is 2. The summed E-state index contributed by atoms with van der Waals surface area (Å²) in [5.41, 5.74) is 2.86. The zero-order valence-electron chi connectivity index (χ0n) is 11.8. The van der Waals surface area contributed by atoms with Crippen molar-refractivity contribution in [2.45, 2.75) is 13.8 Å². The Morgan fingerprint density at radius 1 is 1.19 bits per heavy atom. The lowest BCUT2D eigenvalue weighted by Crippen LogP contribution is -2.13. The highest BCUT2D eigenvalue weighted by Gasteiger charge is 2.10. The molecule has 0 radical (unpaired) electrons. The van der Waals surface area contributed by atoms with Gasteiger partial charge in [-0.1, -0.05) is 11.6 Å². The Labute approximate surface area is 128 Å². The second-order valence-electron chi connectivity index (χ2n) is 4.64. The van der Waals surface area contributed by atoms with Crippen LogP contribution in [0.15, 0.2) is 36.4 Å². The van der Waals surface area contributed by atoms with Gasteiger partial charge in [0.15, 0.2) is 0 Å². The van der Waals surface area contributed by atoms with Crippen LogP contribution in [0, 0.1) is 12.7 Å². The number of rotatable bonds is 4. The monoisotopic (exact) mass is 306 g/mol. The lowest BCUT2D eigenvalue weighted by molar-refractivity contribution is 0.102. The standard InChI is InChI=1S/C16H16ClFN2O/c1-3-19-11-4-6-13(10(2)8-11)16(21)20-12-5-7-15(18)14(17)9-12/h4-9,19H,3H2,1-2H3,(H,20,21). The lowest BCUT2D eigenvalue weighted by Gasteiger charge is -2.10. The number of benzene rings is 2. The van der Waals surface area contributed by atoms with Gasteiger partial charge in [0.1, 0.15) is 5.82 Å². The zero-order valence-corrected chi connectivity index (χ0v) is 12.6. The van der Waals surface area contributed by atoms with E-state index in [1.165, 1.54) is 18.2 Å². The van der Waals surface area contributed by atoms with Crippen LogP contribution < -0.4 is 10.6 Å².